The van der Waals surface area contributed by atoms with Gasteiger partial charge in [-0.3, -0.25) is 9.59 Å². The van der Waals surface area contributed by atoms with E-state index in [-0.39, 0.29) is 23.1 Å². The maximum absolute atomic E-state index is 12.1. The van der Waals surface area contributed by atoms with E-state index in [1.54, 1.807) is 6.92 Å². The van der Waals surface area contributed by atoms with Gasteiger partial charge in [-0.2, -0.15) is 0 Å². The number of rotatable bonds is 2. The quantitative estimate of drug-likeness (QED) is 0.700. The molecule has 1 unspecified atom stereocenters. The van der Waals surface area contributed by atoms with Crippen LogP contribution in [0.3, 0.4) is 0 Å². The van der Waals surface area contributed by atoms with Crippen molar-refractivity contribution in [1.29, 1.82) is 0 Å². The highest BCUT2D eigenvalue weighted by Gasteiger charge is 2.35. The number of Topliss-reactive ketones (excluding diaryl/α,β-unsaturated/α-hetero) is 1. The lowest BCUT2D eigenvalue weighted by atomic mass is 9.94. The summed E-state index contributed by atoms with van der Waals surface area (Å²) in [5.41, 5.74) is -0.334. The molecule has 1 amide bonds. The standard InChI is InChI=1S/C12H21NO2/c1-9(14)8-10-6-5-7-13(10)11(15)12(2,3)4/h10H,5-8H2,1-4H3. The van der Waals surface area contributed by atoms with Gasteiger partial charge in [0.25, 0.3) is 0 Å². The van der Waals surface area contributed by atoms with Crippen LogP contribution in [-0.4, -0.2) is 29.2 Å². The van der Waals surface area contributed by atoms with Crippen LogP contribution in [0.2, 0.25) is 0 Å². The molecule has 1 heterocycles. The lowest BCUT2D eigenvalue weighted by Gasteiger charge is -2.30. The van der Waals surface area contributed by atoms with Crippen molar-refractivity contribution in [2.75, 3.05) is 6.54 Å². The van der Waals surface area contributed by atoms with Gasteiger partial charge in [0.1, 0.15) is 5.78 Å². The van der Waals surface area contributed by atoms with Gasteiger partial charge in [0, 0.05) is 24.4 Å². The SMILES string of the molecule is CC(=O)CC1CCCN1C(=O)C(C)(C)C. The van der Waals surface area contributed by atoms with E-state index in [1.807, 2.05) is 25.7 Å². The zero-order chi connectivity index (χ0) is 11.6. The van der Waals surface area contributed by atoms with E-state index in [2.05, 4.69) is 0 Å². The molecule has 0 aromatic heterocycles. The third-order valence-electron chi connectivity index (χ3n) is 2.80. The number of ketones is 1. The predicted octanol–water partition coefficient (Wildman–Crippen LogP) is 2.00. The molecule has 3 nitrogen and oxygen atoms in total. The Bertz CT molecular complexity index is 265. The monoisotopic (exact) mass is 211 g/mol. The van der Waals surface area contributed by atoms with Crippen molar-refractivity contribution in [1.82, 2.24) is 4.90 Å². The first-order valence-electron chi connectivity index (χ1n) is 5.63. The normalized spacial score (nSPS) is 21.9. The van der Waals surface area contributed by atoms with Gasteiger partial charge < -0.3 is 4.90 Å². The summed E-state index contributed by atoms with van der Waals surface area (Å²) in [5.74, 6) is 0.347. The van der Waals surface area contributed by atoms with Crippen LogP contribution in [0.25, 0.3) is 0 Å². The molecule has 1 saturated heterocycles. The highest BCUT2D eigenvalue weighted by atomic mass is 16.2. The lowest BCUT2D eigenvalue weighted by Crippen LogP contribution is -2.43. The second-order valence-electron chi connectivity index (χ2n) is 5.45. The minimum absolute atomic E-state index is 0.147. The molecule has 0 aromatic rings. The summed E-state index contributed by atoms with van der Waals surface area (Å²) in [6.07, 6.45) is 2.52. The molecular formula is C12H21NO2. The topological polar surface area (TPSA) is 37.4 Å². The highest BCUT2D eigenvalue weighted by Crippen LogP contribution is 2.26. The van der Waals surface area contributed by atoms with Crippen molar-refractivity contribution in [2.45, 2.75) is 53.0 Å². The number of nitrogens with zero attached hydrogens (tertiary/aromatic N) is 1. The van der Waals surface area contributed by atoms with Crippen molar-refractivity contribution in [2.24, 2.45) is 5.41 Å². The zero-order valence-electron chi connectivity index (χ0n) is 10.2. The van der Waals surface area contributed by atoms with Crippen molar-refractivity contribution >= 4 is 11.7 Å². The van der Waals surface area contributed by atoms with Gasteiger partial charge in [0.2, 0.25) is 5.91 Å². The average molecular weight is 211 g/mol. The van der Waals surface area contributed by atoms with E-state index in [0.29, 0.717) is 6.42 Å². The molecule has 3 heteroatoms. The van der Waals surface area contributed by atoms with Crippen molar-refractivity contribution in [3.63, 3.8) is 0 Å². The third-order valence-corrected chi connectivity index (χ3v) is 2.80. The van der Waals surface area contributed by atoms with E-state index in [1.165, 1.54) is 0 Å². The summed E-state index contributed by atoms with van der Waals surface area (Å²) in [6.45, 7) is 8.20. The Balaban J connectivity index is 2.68. The first-order chi connectivity index (χ1) is 6.82. The Labute approximate surface area is 91.8 Å². The number of carbonyl (C=O) groups excluding carboxylic acids is 2. The van der Waals surface area contributed by atoms with Gasteiger partial charge >= 0.3 is 0 Å². The van der Waals surface area contributed by atoms with E-state index >= 15 is 0 Å². The lowest BCUT2D eigenvalue weighted by molar-refractivity contribution is -0.140. The molecule has 86 valence electrons. The zero-order valence-corrected chi connectivity index (χ0v) is 10.2. The average Bonchev–Trinajstić information content (AvgIpc) is 2.48. The third kappa shape index (κ3) is 3.05. The molecule has 1 atom stereocenters. The largest absolute Gasteiger partial charge is 0.339 e. The Kier molecular flexibility index (Phi) is 3.53. The van der Waals surface area contributed by atoms with E-state index < -0.39 is 0 Å². The maximum Gasteiger partial charge on any atom is 0.228 e. The van der Waals surface area contributed by atoms with Crippen LogP contribution in [0.1, 0.15) is 47.0 Å². The minimum Gasteiger partial charge on any atom is -0.339 e. The summed E-state index contributed by atoms with van der Waals surface area (Å²) in [4.78, 5) is 25.0. The second kappa shape index (κ2) is 4.33. The number of hydrogen-bond donors (Lipinski definition) is 0. The van der Waals surface area contributed by atoms with Crippen LogP contribution in [0.4, 0.5) is 0 Å². The Morgan fingerprint density at radius 1 is 1.33 bits per heavy atom. The van der Waals surface area contributed by atoms with Crippen LogP contribution in [0.15, 0.2) is 0 Å². The van der Waals surface area contributed by atoms with E-state index in [4.69, 9.17) is 0 Å². The van der Waals surface area contributed by atoms with E-state index in [0.717, 1.165) is 19.4 Å². The molecule has 0 radical (unpaired) electrons. The fourth-order valence-corrected chi connectivity index (χ4v) is 2.08. The minimum atomic E-state index is -0.334. The molecule has 1 aliphatic heterocycles. The fourth-order valence-electron chi connectivity index (χ4n) is 2.08. The van der Waals surface area contributed by atoms with Gasteiger partial charge in [0.15, 0.2) is 0 Å². The summed E-state index contributed by atoms with van der Waals surface area (Å²) in [6, 6.07) is 0.147. The molecule has 0 bridgehead atoms. The summed E-state index contributed by atoms with van der Waals surface area (Å²) >= 11 is 0. The number of carbonyl (C=O) groups is 2. The highest BCUT2D eigenvalue weighted by molar-refractivity contribution is 5.83. The van der Waals surface area contributed by atoms with E-state index in [9.17, 15) is 9.59 Å². The number of hydrogen-bond acceptors (Lipinski definition) is 2. The summed E-state index contributed by atoms with van der Waals surface area (Å²) in [5, 5.41) is 0. The molecule has 0 aliphatic carbocycles. The van der Waals surface area contributed by atoms with Crippen molar-refractivity contribution < 1.29 is 9.59 Å². The molecule has 0 spiro atoms. The number of amides is 1. The van der Waals surface area contributed by atoms with Crippen LogP contribution < -0.4 is 0 Å². The Morgan fingerprint density at radius 3 is 2.40 bits per heavy atom. The summed E-state index contributed by atoms with van der Waals surface area (Å²) in [7, 11) is 0. The van der Waals surface area contributed by atoms with Crippen molar-refractivity contribution in [3.05, 3.63) is 0 Å². The molecule has 1 rings (SSSR count). The molecule has 15 heavy (non-hydrogen) atoms. The Hall–Kier alpha value is -0.860. The maximum atomic E-state index is 12.1. The molecule has 0 saturated carbocycles. The van der Waals surface area contributed by atoms with Crippen LogP contribution in [-0.2, 0) is 9.59 Å². The van der Waals surface area contributed by atoms with Gasteiger partial charge in [-0.1, -0.05) is 20.8 Å². The van der Waals surface area contributed by atoms with Crippen LogP contribution in [0, 0.1) is 5.41 Å². The van der Waals surface area contributed by atoms with Crippen molar-refractivity contribution in [3.8, 4) is 0 Å². The van der Waals surface area contributed by atoms with Gasteiger partial charge in [-0.25, -0.2) is 0 Å². The number of likely N-dealkylation sites (tertiary alicyclic amines) is 1. The predicted molar refractivity (Wildman–Crippen MR) is 59.5 cm³/mol. The van der Waals surface area contributed by atoms with Crippen LogP contribution >= 0.6 is 0 Å². The molecule has 1 aliphatic rings. The smallest absolute Gasteiger partial charge is 0.228 e. The Morgan fingerprint density at radius 2 is 1.93 bits per heavy atom. The fraction of sp³-hybridized carbons (Fsp3) is 0.833. The van der Waals surface area contributed by atoms with Crippen LogP contribution in [0.5, 0.6) is 0 Å². The van der Waals surface area contributed by atoms with Gasteiger partial charge in [-0.05, 0) is 19.8 Å². The molecule has 1 fully saturated rings. The molecule has 0 N–H and O–H groups in total. The molecular weight excluding hydrogens is 190 g/mol. The summed E-state index contributed by atoms with van der Waals surface area (Å²) < 4.78 is 0. The van der Waals surface area contributed by atoms with Gasteiger partial charge in [0.05, 0.1) is 0 Å². The van der Waals surface area contributed by atoms with Gasteiger partial charge in [-0.15, -0.1) is 0 Å². The first-order valence-corrected chi connectivity index (χ1v) is 5.63. The second-order valence-corrected chi connectivity index (χ2v) is 5.45. The molecule has 0 aromatic carbocycles. The first kappa shape index (κ1) is 12.2.